The van der Waals surface area contributed by atoms with Crippen molar-refractivity contribution < 1.29 is 13.9 Å². The minimum absolute atomic E-state index is 0.214. The summed E-state index contributed by atoms with van der Waals surface area (Å²) in [5, 5.41) is 0. The fourth-order valence-corrected chi connectivity index (χ4v) is 2.19. The molecule has 0 saturated carbocycles. The van der Waals surface area contributed by atoms with Gasteiger partial charge >= 0.3 is 0 Å². The number of likely N-dealkylation sites (tertiary alicyclic amines) is 1. The van der Waals surface area contributed by atoms with Gasteiger partial charge in [0.05, 0.1) is 19.9 Å². The Bertz CT molecular complexity index is 173. The highest BCUT2D eigenvalue weighted by atomic mass is 19.1. The van der Waals surface area contributed by atoms with Crippen molar-refractivity contribution in [3.05, 3.63) is 0 Å². The van der Waals surface area contributed by atoms with Crippen LogP contribution in [0, 0.1) is 0 Å². The van der Waals surface area contributed by atoms with E-state index in [0.717, 1.165) is 45.7 Å². The molecule has 0 radical (unpaired) electrons. The van der Waals surface area contributed by atoms with Crippen LogP contribution in [0.15, 0.2) is 0 Å². The summed E-state index contributed by atoms with van der Waals surface area (Å²) in [6.07, 6.45) is 2.51. The van der Waals surface area contributed by atoms with Crippen LogP contribution in [0.25, 0.3) is 0 Å². The SMILES string of the molecule is FCCCN1CCC2(CC1)OCCO2. The third kappa shape index (κ3) is 2.24. The molecule has 2 fully saturated rings. The number of ether oxygens (including phenoxy) is 2. The van der Waals surface area contributed by atoms with Gasteiger partial charge in [0.25, 0.3) is 0 Å². The Morgan fingerprint density at radius 2 is 1.79 bits per heavy atom. The Balaban J connectivity index is 1.74. The summed E-state index contributed by atoms with van der Waals surface area (Å²) in [6, 6.07) is 0. The number of alkyl halides is 1. The monoisotopic (exact) mass is 203 g/mol. The van der Waals surface area contributed by atoms with E-state index in [9.17, 15) is 4.39 Å². The first-order valence-electron chi connectivity index (χ1n) is 5.41. The lowest BCUT2D eigenvalue weighted by Crippen LogP contribution is -2.45. The summed E-state index contributed by atoms with van der Waals surface area (Å²) in [5.41, 5.74) is 0. The molecule has 0 unspecified atom stereocenters. The highest BCUT2D eigenvalue weighted by Gasteiger charge is 2.39. The summed E-state index contributed by atoms with van der Waals surface area (Å²) >= 11 is 0. The first kappa shape index (κ1) is 10.3. The van der Waals surface area contributed by atoms with Crippen LogP contribution in [-0.2, 0) is 9.47 Å². The molecule has 2 rings (SSSR count). The molecule has 0 aromatic rings. The number of hydrogen-bond acceptors (Lipinski definition) is 3. The number of rotatable bonds is 3. The molecule has 82 valence electrons. The number of hydrogen-bond donors (Lipinski definition) is 0. The van der Waals surface area contributed by atoms with Crippen molar-refractivity contribution in [1.29, 1.82) is 0 Å². The van der Waals surface area contributed by atoms with Crippen LogP contribution in [0.4, 0.5) is 4.39 Å². The molecule has 0 atom stereocenters. The first-order chi connectivity index (χ1) is 6.85. The van der Waals surface area contributed by atoms with Crippen molar-refractivity contribution in [3.63, 3.8) is 0 Å². The third-order valence-electron chi connectivity index (χ3n) is 3.04. The van der Waals surface area contributed by atoms with E-state index in [1.807, 2.05) is 0 Å². The highest BCUT2D eigenvalue weighted by Crippen LogP contribution is 2.31. The predicted molar refractivity (Wildman–Crippen MR) is 50.9 cm³/mol. The molecule has 2 saturated heterocycles. The van der Waals surface area contributed by atoms with E-state index in [1.54, 1.807) is 0 Å². The minimum atomic E-state index is -0.286. The average Bonchev–Trinajstić information content (AvgIpc) is 2.66. The maximum absolute atomic E-state index is 12.0. The summed E-state index contributed by atoms with van der Waals surface area (Å²) < 4.78 is 23.2. The molecule has 0 aliphatic carbocycles. The molecule has 0 N–H and O–H groups in total. The lowest BCUT2D eigenvalue weighted by atomic mass is 10.0. The highest BCUT2D eigenvalue weighted by molar-refractivity contribution is 4.82. The molecule has 1 spiro atoms. The summed E-state index contributed by atoms with van der Waals surface area (Å²) in [7, 11) is 0. The van der Waals surface area contributed by atoms with E-state index < -0.39 is 0 Å². The third-order valence-corrected chi connectivity index (χ3v) is 3.04. The molecule has 0 aromatic heterocycles. The molecule has 3 nitrogen and oxygen atoms in total. The molecule has 2 aliphatic rings. The Hall–Kier alpha value is -0.190. The van der Waals surface area contributed by atoms with Crippen LogP contribution in [0.1, 0.15) is 19.3 Å². The average molecular weight is 203 g/mol. The molecule has 2 heterocycles. The van der Waals surface area contributed by atoms with Gasteiger partial charge < -0.3 is 14.4 Å². The van der Waals surface area contributed by atoms with Crippen LogP contribution in [0.2, 0.25) is 0 Å². The fourth-order valence-electron chi connectivity index (χ4n) is 2.19. The van der Waals surface area contributed by atoms with Crippen molar-refractivity contribution in [3.8, 4) is 0 Å². The lowest BCUT2D eigenvalue weighted by molar-refractivity contribution is -0.185. The largest absolute Gasteiger partial charge is 0.347 e. The predicted octanol–water partition coefficient (Wildman–Crippen LogP) is 1.18. The van der Waals surface area contributed by atoms with E-state index in [-0.39, 0.29) is 12.5 Å². The zero-order chi connectivity index (χ0) is 9.86. The van der Waals surface area contributed by atoms with E-state index in [4.69, 9.17) is 9.47 Å². The topological polar surface area (TPSA) is 21.7 Å². The van der Waals surface area contributed by atoms with Gasteiger partial charge in [-0.15, -0.1) is 0 Å². The van der Waals surface area contributed by atoms with E-state index >= 15 is 0 Å². The van der Waals surface area contributed by atoms with Crippen LogP contribution >= 0.6 is 0 Å². The molecule has 0 aromatic carbocycles. The van der Waals surface area contributed by atoms with Crippen LogP contribution in [0.3, 0.4) is 0 Å². The van der Waals surface area contributed by atoms with Gasteiger partial charge in [0, 0.05) is 32.5 Å². The maximum atomic E-state index is 12.0. The molecule has 14 heavy (non-hydrogen) atoms. The standard InChI is InChI=1S/C10H18FNO2/c11-4-1-5-12-6-2-10(3-7-12)13-8-9-14-10/h1-9H2. The summed E-state index contributed by atoms with van der Waals surface area (Å²) in [6.45, 7) is 4.05. The lowest BCUT2D eigenvalue weighted by Gasteiger charge is -2.37. The summed E-state index contributed by atoms with van der Waals surface area (Å²) in [4.78, 5) is 2.29. The quantitative estimate of drug-likeness (QED) is 0.687. The molecule has 2 aliphatic heterocycles. The first-order valence-corrected chi connectivity index (χ1v) is 5.41. The Kier molecular flexibility index (Phi) is 3.36. The summed E-state index contributed by atoms with van der Waals surface area (Å²) in [5.74, 6) is -0.286. The number of halogens is 1. The second-order valence-electron chi connectivity index (χ2n) is 3.99. The number of nitrogens with zero attached hydrogens (tertiary/aromatic N) is 1. The zero-order valence-corrected chi connectivity index (χ0v) is 8.51. The Labute approximate surface area is 84.2 Å². The van der Waals surface area contributed by atoms with Crippen LogP contribution in [0.5, 0.6) is 0 Å². The van der Waals surface area contributed by atoms with Crippen molar-refractivity contribution in [1.82, 2.24) is 4.90 Å². The molecule has 0 bridgehead atoms. The molecular weight excluding hydrogens is 185 g/mol. The molecule has 4 heteroatoms. The Morgan fingerprint density at radius 3 is 2.36 bits per heavy atom. The van der Waals surface area contributed by atoms with E-state index in [2.05, 4.69) is 4.90 Å². The van der Waals surface area contributed by atoms with Gasteiger partial charge in [0.1, 0.15) is 0 Å². The smallest absolute Gasteiger partial charge is 0.170 e. The van der Waals surface area contributed by atoms with Crippen LogP contribution in [-0.4, -0.2) is 50.2 Å². The van der Waals surface area contributed by atoms with Gasteiger partial charge in [-0.05, 0) is 6.42 Å². The van der Waals surface area contributed by atoms with Gasteiger partial charge in [-0.25, -0.2) is 0 Å². The second-order valence-corrected chi connectivity index (χ2v) is 3.99. The van der Waals surface area contributed by atoms with Gasteiger partial charge in [-0.3, -0.25) is 4.39 Å². The van der Waals surface area contributed by atoms with Crippen LogP contribution < -0.4 is 0 Å². The Morgan fingerprint density at radius 1 is 1.14 bits per heavy atom. The van der Waals surface area contributed by atoms with Crippen molar-refractivity contribution >= 4 is 0 Å². The van der Waals surface area contributed by atoms with Gasteiger partial charge in [0.15, 0.2) is 5.79 Å². The zero-order valence-electron chi connectivity index (χ0n) is 8.51. The van der Waals surface area contributed by atoms with Crippen molar-refractivity contribution in [2.45, 2.75) is 25.0 Å². The van der Waals surface area contributed by atoms with Crippen molar-refractivity contribution in [2.24, 2.45) is 0 Å². The van der Waals surface area contributed by atoms with Gasteiger partial charge in [-0.2, -0.15) is 0 Å². The van der Waals surface area contributed by atoms with Gasteiger partial charge in [0.2, 0.25) is 0 Å². The van der Waals surface area contributed by atoms with E-state index in [1.165, 1.54) is 0 Å². The fraction of sp³-hybridized carbons (Fsp3) is 1.00. The molecular formula is C10H18FNO2. The minimum Gasteiger partial charge on any atom is -0.347 e. The molecule has 0 amide bonds. The second kappa shape index (κ2) is 4.55. The number of piperidine rings is 1. The van der Waals surface area contributed by atoms with E-state index in [0.29, 0.717) is 6.42 Å². The maximum Gasteiger partial charge on any atom is 0.170 e. The normalized spacial score (nSPS) is 27.2. The van der Waals surface area contributed by atoms with Gasteiger partial charge in [-0.1, -0.05) is 0 Å². The van der Waals surface area contributed by atoms with Crippen molar-refractivity contribution in [2.75, 3.05) is 39.5 Å².